The van der Waals surface area contributed by atoms with Crippen molar-refractivity contribution in [2.45, 2.75) is 50.0 Å². The van der Waals surface area contributed by atoms with Crippen molar-refractivity contribution in [2.75, 3.05) is 18.4 Å². The molecule has 2 amide bonds. The quantitative estimate of drug-likeness (QED) is 0.150. The predicted molar refractivity (Wildman–Crippen MR) is 113 cm³/mol. The fourth-order valence-electron chi connectivity index (χ4n) is 2.79. The van der Waals surface area contributed by atoms with Gasteiger partial charge in [-0.3, -0.25) is 5.14 Å². The summed E-state index contributed by atoms with van der Waals surface area (Å²) in [7, 11) is 0. The molecule has 166 valence electrons. The molecule has 0 aromatic heterocycles. The van der Waals surface area contributed by atoms with E-state index >= 15 is 0 Å². The van der Waals surface area contributed by atoms with E-state index in [1.165, 1.54) is 0 Å². The van der Waals surface area contributed by atoms with Crippen molar-refractivity contribution in [1.29, 1.82) is 0 Å². The summed E-state index contributed by atoms with van der Waals surface area (Å²) in [6.45, 7) is 0.672. The summed E-state index contributed by atoms with van der Waals surface area (Å²) < 4.78 is 13.9. The van der Waals surface area contributed by atoms with Crippen molar-refractivity contribution in [3.05, 3.63) is 24.3 Å². The van der Waals surface area contributed by atoms with Gasteiger partial charge in [0.15, 0.2) is 0 Å². The van der Waals surface area contributed by atoms with Crippen LogP contribution in [-0.2, 0) is 4.74 Å². The number of anilines is 1. The lowest BCUT2D eigenvalue weighted by atomic mass is 9.99. The van der Waals surface area contributed by atoms with Crippen molar-refractivity contribution < 1.29 is 29.6 Å². The first kappa shape index (κ1) is 24.2. The number of benzene rings is 1. The number of aliphatic hydroxyl groups is 3. The molecule has 2 rings (SSSR count). The van der Waals surface area contributed by atoms with Gasteiger partial charge in [0, 0.05) is 37.3 Å². The molecule has 0 radical (unpaired) electrons. The summed E-state index contributed by atoms with van der Waals surface area (Å²) in [6.07, 6.45) is 1.32. The zero-order chi connectivity index (χ0) is 21.9. The van der Waals surface area contributed by atoms with Crippen LogP contribution in [0.15, 0.2) is 24.3 Å². The van der Waals surface area contributed by atoms with Crippen LogP contribution >= 0.6 is 12.1 Å². The average molecular weight is 441 g/mol. The SMILES string of the molecule is C#CCCCCNC(=O)Nc1ccc(O[C@H]2OC(CNSN)[C@@H](O)C(O)C2O)cc1. The first-order valence-electron chi connectivity index (χ1n) is 9.49. The Balaban J connectivity index is 1.85. The lowest BCUT2D eigenvalue weighted by molar-refractivity contribution is -0.270. The van der Waals surface area contributed by atoms with Crippen LogP contribution in [0.1, 0.15) is 19.3 Å². The van der Waals surface area contributed by atoms with E-state index in [0.717, 1.165) is 25.0 Å². The number of terminal acetylenes is 1. The number of hydrogen-bond donors (Lipinski definition) is 7. The first-order chi connectivity index (χ1) is 14.5. The van der Waals surface area contributed by atoms with Crippen LogP contribution in [-0.4, -0.2) is 65.1 Å². The van der Waals surface area contributed by atoms with Crippen LogP contribution < -0.4 is 25.2 Å². The third kappa shape index (κ3) is 7.33. The molecule has 11 heteroatoms. The van der Waals surface area contributed by atoms with Gasteiger partial charge in [-0.25, -0.2) is 9.52 Å². The van der Waals surface area contributed by atoms with Crippen LogP contribution in [0.2, 0.25) is 0 Å². The third-order valence-corrected chi connectivity index (χ3v) is 4.77. The van der Waals surface area contributed by atoms with E-state index in [1.54, 1.807) is 24.3 Å². The Hall–Kier alpha value is -2.04. The number of ether oxygens (including phenoxy) is 2. The van der Waals surface area contributed by atoms with Gasteiger partial charge in [-0.2, -0.15) is 0 Å². The van der Waals surface area contributed by atoms with Gasteiger partial charge in [-0.05, 0) is 37.1 Å². The number of hydrogen-bond acceptors (Lipinski definition) is 9. The van der Waals surface area contributed by atoms with Crippen LogP contribution in [0.4, 0.5) is 10.5 Å². The lowest BCUT2D eigenvalue weighted by Crippen LogP contribution is -2.60. The van der Waals surface area contributed by atoms with Gasteiger partial charge >= 0.3 is 6.03 Å². The minimum Gasteiger partial charge on any atom is -0.462 e. The van der Waals surface area contributed by atoms with E-state index < -0.39 is 30.7 Å². The van der Waals surface area contributed by atoms with Crippen LogP contribution in [0.25, 0.3) is 0 Å². The Labute approximate surface area is 179 Å². The van der Waals surface area contributed by atoms with Crippen molar-refractivity contribution in [2.24, 2.45) is 5.14 Å². The predicted octanol–water partition coefficient (Wildman–Crippen LogP) is -0.0905. The molecular formula is C19H28N4O6S. The summed E-state index contributed by atoms with van der Waals surface area (Å²) in [5, 5.41) is 40.9. The van der Waals surface area contributed by atoms with Crippen molar-refractivity contribution in [3.8, 4) is 18.1 Å². The van der Waals surface area contributed by atoms with E-state index in [1.807, 2.05) is 0 Å². The highest BCUT2D eigenvalue weighted by atomic mass is 32.2. The third-order valence-electron chi connectivity index (χ3n) is 4.43. The summed E-state index contributed by atoms with van der Waals surface area (Å²) in [4.78, 5) is 11.9. The minimum absolute atomic E-state index is 0.146. The zero-order valence-electron chi connectivity index (χ0n) is 16.4. The number of nitrogens with one attached hydrogen (secondary N) is 3. The monoisotopic (exact) mass is 440 g/mol. The number of aliphatic hydroxyl groups excluding tert-OH is 3. The fourth-order valence-corrected chi connectivity index (χ4v) is 3.05. The summed E-state index contributed by atoms with van der Waals surface area (Å²) in [5.41, 5.74) is 0.547. The maximum atomic E-state index is 11.9. The topological polar surface area (TPSA) is 158 Å². The number of nitrogens with two attached hydrogens (primary N) is 1. The number of carbonyl (C=O) groups is 1. The van der Waals surface area contributed by atoms with Crippen molar-refractivity contribution >= 4 is 23.9 Å². The largest absolute Gasteiger partial charge is 0.462 e. The molecule has 1 aromatic rings. The number of urea groups is 1. The van der Waals surface area contributed by atoms with E-state index in [-0.39, 0.29) is 12.6 Å². The number of rotatable bonds is 10. The Kier molecular flexibility index (Phi) is 10.2. The van der Waals surface area contributed by atoms with Gasteiger partial charge in [0.05, 0.1) is 0 Å². The molecule has 1 aliphatic heterocycles. The highest BCUT2D eigenvalue weighted by molar-refractivity contribution is 7.95. The van der Waals surface area contributed by atoms with Gasteiger partial charge in [0.1, 0.15) is 30.2 Å². The molecular weight excluding hydrogens is 412 g/mol. The molecule has 8 N–H and O–H groups in total. The van der Waals surface area contributed by atoms with Crippen LogP contribution in [0.3, 0.4) is 0 Å². The van der Waals surface area contributed by atoms with Crippen molar-refractivity contribution in [3.63, 3.8) is 0 Å². The van der Waals surface area contributed by atoms with E-state index in [0.29, 0.717) is 24.4 Å². The molecule has 30 heavy (non-hydrogen) atoms. The van der Waals surface area contributed by atoms with Gasteiger partial charge < -0.3 is 35.4 Å². The van der Waals surface area contributed by atoms with E-state index in [2.05, 4.69) is 21.3 Å². The maximum absolute atomic E-state index is 11.9. The Morgan fingerprint density at radius 3 is 2.60 bits per heavy atom. The van der Waals surface area contributed by atoms with E-state index in [9.17, 15) is 20.1 Å². The van der Waals surface area contributed by atoms with Gasteiger partial charge in [-0.15, -0.1) is 12.3 Å². The highest BCUT2D eigenvalue weighted by Crippen LogP contribution is 2.25. The normalized spacial score (nSPS) is 25.9. The zero-order valence-corrected chi connectivity index (χ0v) is 17.2. The molecule has 0 saturated carbocycles. The van der Waals surface area contributed by atoms with Gasteiger partial charge in [-0.1, -0.05) is 0 Å². The molecule has 1 heterocycles. The molecule has 1 fully saturated rings. The standard InChI is InChI=1S/C19H28N4O6S/c1-2-3-4-5-10-21-19(27)23-12-6-8-13(9-7-12)28-18-17(26)16(25)15(24)14(29-18)11-22-30-20/h1,6-9,14-18,22,24-26H,3-5,10-11,20H2,(H2,21,23,27)/t14?,15-,16?,17?,18+/m1/s1. The van der Waals surface area contributed by atoms with Crippen molar-refractivity contribution in [1.82, 2.24) is 10.0 Å². The summed E-state index contributed by atoms with van der Waals surface area (Å²) in [6, 6.07) is 6.08. The molecule has 3 unspecified atom stereocenters. The van der Waals surface area contributed by atoms with Gasteiger partial charge in [0.2, 0.25) is 6.29 Å². The molecule has 1 aromatic carbocycles. The first-order valence-corrected chi connectivity index (χ1v) is 10.4. The highest BCUT2D eigenvalue weighted by Gasteiger charge is 2.44. The molecule has 0 aliphatic carbocycles. The second kappa shape index (κ2) is 12.6. The summed E-state index contributed by atoms with van der Waals surface area (Å²) in [5.74, 6) is 2.90. The molecule has 1 aliphatic rings. The molecule has 5 atom stereocenters. The molecule has 0 bridgehead atoms. The Bertz CT molecular complexity index is 701. The fraction of sp³-hybridized carbons (Fsp3) is 0.526. The molecule has 10 nitrogen and oxygen atoms in total. The minimum atomic E-state index is -1.44. The molecule has 0 spiro atoms. The second-order valence-electron chi connectivity index (χ2n) is 6.67. The Morgan fingerprint density at radius 2 is 1.93 bits per heavy atom. The summed E-state index contributed by atoms with van der Waals surface area (Å²) >= 11 is 0.846. The van der Waals surface area contributed by atoms with Gasteiger partial charge in [0.25, 0.3) is 0 Å². The van der Waals surface area contributed by atoms with Crippen LogP contribution in [0, 0.1) is 12.3 Å². The maximum Gasteiger partial charge on any atom is 0.319 e. The number of amides is 2. The number of unbranched alkanes of at least 4 members (excludes halogenated alkanes) is 2. The molecule has 1 saturated heterocycles. The van der Waals surface area contributed by atoms with Crippen LogP contribution in [0.5, 0.6) is 5.75 Å². The smallest absolute Gasteiger partial charge is 0.319 e. The second-order valence-corrected chi connectivity index (χ2v) is 7.19. The van der Waals surface area contributed by atoms with E-state index in [4.69, 9.17) is 21.0 Å². The average Bonchev–Trinajstić information content (AvgIpc) is 2.74. The Morgan fingerprint density at radius 1 is 1.20 bits per heavy atom. The lowest BCUT2D eigenvalue weighted by Gasteiger charge is -2.40. The number of carbonyl (C=O) groups excluding carboxylic acids is 1.